The molecule has 2 aliphatic carbocycles. The van der Waals surface area contributed by atoms with Gasteiger partial charge in [0.15, 0.2) is 0 Å². The molecule has 1 atom stereocenters. The van der Waals surface area contributed by atoms with Crippen LogP contribution in [0.4, 0.5) is 0 Å². The summed E-state index contributed by atoms with van der Waals surface area (Å²) in [5.41, 5.74) is 5.73. The van der Waals surface area contributed by atoms with Gasteiger partial charge in [0.1, 0.15) is 0 Å². The number of benzene rings is 1. The molecule has 0 heterocycles. The number of allylic oxidation sites excluding steroid dienone is 5. The molecule has 0 aliphatic heterocycles. The lowest BCUT2D eigenvalue weighted by Gasteiger charge is -2.26. The van der Waals surface area contributed by atoms with Crippen molar-refractivity contribution in [3.05, 3.63) is 59.2 Å². The Morgan fingerprint density at radius 2 is 2.00 bits per heavy atom. The topological polar surface area (TPSA) is 0 Å². The maximum atomic E-state index is 2.36. The average Bonchev–Trinajstić information content (AvgIpc) is 2.58. The molecule has 2 aliphatic rings. The lowest BCUT2D eigenvalue weighted by Crippen LogP contribution is -2.10. The van der Waals surface area contributed by atoms with Gasteiger partial charge < -0.3 is 0 Å². The summed E-state index contributed by atoms with van der Waals surface area (Å²) in [6.45, 7) is 2.33. The van der Waals surface area contributed by atoms with Crippen molar-refractivity contribution in [3.8, 4) is 0 Å². The van der Waals surface area contributed by atoms with E-state index in [1.54, 1.807) is 0 Å². The Balaban J connectivity index is 2.25. The molecule has 0 nitrogen and oxygen atoms in total. The van der Waals surface area contributed by atoms with Crippen LogP contribution in [0, 0.1) is 0 Å². The summed E-state index contributed by atoms with van der Waals surface area (Å²) in [4.78, 5) is 0. The van der Waals surface area contributed by atoms with E-state index in [4.69, 9.17) is 0 Å². The lowest BCUT2D eigenvalue weighted by molar-refractivity contribution is 0.929. The van der Waals surface area contributed by atoms with Crippen LogP contribution in [0.1, 0.15) is 18.1 Å². The Hall–Kier alpha value is -1.34. The van der Waals surface area contributed by atoms with E-state index in [9.17, 15) is 0 Å². The van der Waals surface area contributed by atoms with Crippen molar-refractivity contribution in [1.29, 1.82) is 0 Å². The molecule has 0 spiro atoms. The molecule has 0 saturated carbocycles. The third kappa shape index (κ3) is 1.20. The number of hydrogen-bond acceptors (Lipinski definition) is 0. The van der Waals surface area contributed by atoms with Gasteiger partial charge in [-0.2, -0.15) is 0 Å². The zero-order valence-corrected chi connectivity index (χ0v) is 11.1. The van der Waals surface area contributed by atoms with Gasteiger partial charge in [0.25, 0.3) is 0 Å². The Labute approximate surface area is 93.4 Å². The number of hydrogen-bond donors (Lipinski definition) is 0. The molecular formula is C14H14Si. The van der Waals surface area contributed by atoms with Gasteiger partial charge in [0, 0.05) is 10.2 Å². The van der Waals surface area contributed by atoms with E-state index in [2.05, 4.69) is 55.5 Å². The zero-order chi connectivity index (χ0) is 10.5. The van der Waals surface area contributed by atoms with E-state index in [0.29, 0.717) is 5.04 Å². The van der Waals surface area contributed by atoms with Crippen LogP contribution in [0.15, 0.2) is 48.1 Å². The Morgan fingerprint density at radius 3 is 2.87 bits per heavy atom. The van der Waals surface area contributed by atoms with E-state index < -0.39 is 0 Å². The third-order valence-electron chi connectivity index (χ3n) is 3.31. The summed E-state index contributed by atoms with van der Waals surface area (Å²) >= 11 is 0. The van der Waals surface area contributed by atoms with Crippen molar-refractivity contribution < 1.29 is 0 Å². The van der Waals surface area contributed by atoms with E-state index in [1.165, 1.54) is 32.5 Å². The smallest absolute Gasteiger partial charge is 0.0207 e. The van der Waals surface area contributed by atoms with Gasteiger partial charge in [-0.3, -0.25) is 0 Å². The summed E-state index contributed by atoms with van der Waals surface area (Å²) < 4.78 is 0. The van der Waals surface area contributed by atoms with Crippen LogP contribution in [0.25, 0.3) is 11.6 Å². The van der Waals surface area contributed by atoms with E-state index in [-0.39, 0.29) is 0 Å². The fraction of sp³-hybridized carbons (Fsp3) is 0.143. The van der Waals surface area contributed by atoms with Crippen LogP contribution in [0.3, 0.4) is 0 Å². The molecule has 1 unspecified atom stereocenters. The van der Waals surface area contributed by atoms with E-state index in [1.807, 2.05) is 0 Å². The van der Waals surface area contributed by atoms with E-state index >= 15 is 0 Å². The SMILES string of the molecule is CC1([SiH3])C=CC=C2C1=Cc1ccccc12. The molecule has 0 saturated heterocycles. The molecule has 0 bridgehead atoms. The van der Waals surface area contributed by atoms with Gasteiger partial charge in [-0.15, -0.1) is 0 Å². The maximum absolute atomic E-state index is 2.36. The van der Waals surface area contributed by atoms with Gasteiger partial charge in [0.2, 0.25) is 0 Å². The highest BCUT2D eigenvalue weighted by molar-refractivity contribution is 6.23. The van der Waals surface area contributed by atoms with Crippen molar-refractivity contribution in [2.24, 2.45) is 0 Å². The van der Waals surface area contributed by atoms with Crippen LogP contribution in [0.2, 0.25) is 5.04 Å². The predicted molar refractivity (Wildman–Crippen MR) is 69.8 cm³/mol. The van der Waals surface area contributed by atoms with E-state index in [0.717, 1.165) is 0 Å². The Morgan fingerprint density at radius 1 is 1.20 bits per heavy atom. The van der Waals surface area contributed by atoms with Crippen molar-refractivity contribution in [2.75, 3.05) is 0 Å². The van der Waals surface area contributed by atoms with Crippen molar-refractivity contribution in [2.45, 2.75) is 12.0 Å². The van der Waals surface area contributed by atoms with Gasteiger partial charge in [-0.05, 0) is 33.4 Å². The molecule has 0 fully saturated rings. The Kier molecular flexibility index (Phi) is 1.68. The summed E-state index contributed by atoms with van der Waals surface area (Å²) in [6, 6.07) is 8.67. The highest BCUT2D eigenvalue weighted by Gasteiger charge is 2.30. The molecule has 1 heteroatoms. The lowest BCUT2D eigenvalue weighted by atomic mass is 9.88. The second kappa shape index (κ2) is 2.83. The molecule has 0 aromatic heterocycles. The molecule has 74 valence electrons. The van der Waals surface area contributed by atoms with Crippen LogP contribution in [-0.2, 0) is 0 Å². The predicted octanol–water partition coefficient (Wildman–Crippen LogP) is 2.58. The molecule has 0 radical (unpaired) electrons. The molecule has 0 amide bonds. The largest absolute Gasteiger partial charge is 0.0780 e. The molecule has 3 rings (SSSR count). The first-order valence-electron chi connectivity index (χ1n) is 5.40. The first-order chi connectivity index (χ1) is 7.18. The van der Waals surface area contributed by atoms with Crippen LogP contribution >= 0.6 is 0 Å². The van der Waals surface area contributed by atoms with Gasteiger partial charge >= 0.3 is 0 Å². The van der Waals surface area contributed by atoms with Crippen molar-refractivity contribution in [1.82, 2.24) is 0 Å². The quantitative estimate of drug-likeness (QED) is 0.577. The average molecular weight is 210 g/mol. The second-order valence-electron chi connectivity index (χ2n) is 4.81. The standard InChI is InChI=1S/C14H14Si/c1-14(15)8-4-7-12-11-6-3-2-5-10(11)9-13(12)14/h2-9H,1,15H3. The minimum Gasteiger partial charge on any atom is -0.0780 e. The maximum Gasteiger partial charge on any atom is 0.0207 e. The summed E-state index contributed by atoms with van der Waals surface area (Å²) in [5.74, 6) is 0. The molecule has 1 aromatic carbocycles. The minimum atomic E-state index is 0.309. The van der Waals surface area contributed by atoms with Gasteiger partial charge in [-0.1, -0.05) is 49.4 Å². The minimum absolute atomic E-state index is 0.309. The summed E-state index contributed by atoms with van der Waals surface area (Å²) in [6.07, 6.45) is 9.15. The first-order valence-corrected chi connectivity index (χ1v) is 6.40. The van der Waals surface area contributed by atoms with Gasteiger partial charge in [-0.25, -0.2) is 0 Å². The van der Waals surface area contributed by atoms with Crippen molar-refractivity contribution in [3.63, 3.8) is 0 Å². The molecular weight excluding hydrogens is 196 g/mol. The number of fused-ring (bicyclic) bond motifs is 3. The summed E-state index contributed by atoms with van der Waals surface area (Å²) in [5, 5.41) is 0.309. The normalized spacial score (nSPS) is 27.0. The van der Waals surface area contributed by atoms with Gasteiger partial charge in [0.05, 0.1) is 0 Å². The van der Waals surface area contributed by atoms with Crippen LogP contribution in [-0.4, -0.2) is 10.2 Å². The zero-order valence-electron chi connectivity index (χ0n) is 9.12. The summed E-state index contributed by atoms with van der Waals surface area (Å²) in [7, 11) is 1.17. The second-order valence-corrected chi connectivity index (χ2v) is 6.88. The number of rotatable bonds is 0. The monoisotopic (exact) mass is 210 g/mol. The Bertz CT molecular complexity index is 516. The van der Waals surface area contributed by atoms with Crippen LogP contribution < -0.4 is 0 Å². The highest BCUT2D eigenvalue weighted by atomic mass is 28.1. The fourth-order valence-electron chi connectivity index (χ4n) is 2.43. The molecule has 0 N–H and O–H groups in total. The first kappa shape index (κ1) is 8.92. The highest BCUT2D eigenvalue weighted by Crippen LogP contribution is 2.49. The molecule has 1 aromatic rings. The van der Waals surface area contributed by atoms with Crippen LogP contribution in [0.5, 0.6) is 0 Å². The fourth-order valence-corrected chi connectivity index (χ4v) is 3.04. The third-order valence-corrected chi connectivity index (χ3v) is 4.18. The van der Waals surface area contributed by atoms with Crippen molar-refractivity contribution >= 4 is 21.9 Å². The molecule has 15 heavy (non-hydrogen) atoms.